The summed E-state index contributed by atoms with van der Waals surface area (Å²) < 4.78 is 11.2. The second-order valence-corrected chi connectivity index (χ2v) is 5.32. The maximum absolute atomic E-state index is 12.1. The van der Waals surface area contributed by atoms with E-state index in [4.69, 9.17) is 21.1 Å². The topological polar surface area (TPSA) is 60.5 Å². The summed E-state index contributed by atoms with van der Waals surface area (Å²) in [7, 11) is 0. The van der Waals surface area contributed by atoms with E-state index >= 15 is 0 Å². The molecule has 1 aliphatic rings. The van der Waals surface area contributed by atoms with Gasteiger partial charge in [-0.1, -0.05) is 11.6 Å². The van der Waals surface area contributed by atoms with Gasteiger partial charge in [-0.3, -0.25) is 9.78 Å². The van der Waals surface area contributed by atoms with E-state index in [1.54, 1.807) is 36.7 Å². The molecule has 0 aliphatic carbocycles. The second-order valence-electron chi connectivity index (χ2n) is 4.92. The van der Waals surface area contributed by atoms with Gasteiger partial charge in [-0.25, -0.2) is 0 Å². The first kappa shape index (κ1) is 14.7. The first-order valence-corrected chi connectivity index (χ1v) is 7.38. The van der Waals surface area contributed by atoms with Crippen molar-refractivity contribution in [2.75, 3.05) is 18.5 Å². The van der Waals surface area contributed by atoms with Crippen molar-refractivity contribution in [2.24, 2.45) is 0 Å². The van der Waals surface area contributed by atoms with Gasteiger partial charge in [0.2, 0.25) is 5.91 Å². The Bertz CT molecular complexity index is 677. The molecule has 0 bridgehead atoms. The summed E-state index contributed by atoms with van der Waals surface area (Å²) in [5, 5.41) is 3.27. The van der Waals surface area contributed by atoms with Gasteiger partial charge < -0.3 is 14.8 Å². The van der Waals surface area contributed by atoms with Crippen molar-refractivity contribution in [1.29, 1.82) is 0 Å². The van der Waals surface area contributed by atoms with Crippen molar-refractivity contribution in [3.63, 3.8) is 0 Å². The molecule has 0 radical (unpaired) electrons. The minimum Gasteiger partial charge on any atom is -0.489 e. The number of carbonyl (C=O) groups is 1. The number of ether oxygens (including phenoxy) is 2. The van der Waals surface area contributed by atoms with Crippen LogP contribution in [0.25, 0.3) is 0 Å². The van der Waals surface area contributed by atoms with E-state index in [0.29, 0.717) is 35.4 Å². The Morgan fingerprint density at radius 2 is 2.00 bits per heavy atom. The minimum absolute atomic E-state index is 0.128. The quantitative estimate of drug-likeness (QED) is 0.944. The maximum Gasteiger partial charge on any atom is 0.228 e. The highest BCUT2D eigenvalue weighted by Gasteiger charge is 2.16. The number of anilines is 1. The van der Waals surface area contributed by atoms with E-state index in [1.165, 1.54) is 0 Å². The molecule has 0 spiro atoms. The lowest BCUT2D eigenvalue weighted by molar-refractivity contribution is -0.115. The van der Waals surface area contributed by atoms with Crippen molar-refractivity contribution in [3.8, 4) is 11.5 Å². The van der Waals surface area contributed by atoms with Gasteiger partial charge in [-0.15, -0.1) is 0 Å². The highest BCUT2D eigenvalue weighted by atomic mass is 35.5. The number of hydrogen-bond donors (Lipinski definition) is 1. The van der Waals surface area contributed by atoms with E-state index in [-0.39, 0.29) is 12.3 Å². The zero-order chi connectivity index (χ0) is 15.4. The molecule has 0 unspecified atom stereocenters. The number of halogens is 1. The molecule has 1 aromatic carbocycles. The predicted octanol–water partition coefficient (Wildman–Crippen LogP) is 3.08. The Kier molecular flexibility index (Phi) is 4.44. The normalized spacial score (nSPS) is 13.3. The molecule has 1 aromatic heterocycles. The zero-order valence-corrected chi connectivity index (χ0v) is 12.6. The van der Waals surface area contributed by atoms with Crippen LogP contribution in [0.15, 0.2) is 36.7 Å². The average molecular weight is 319 g/mol. The first-order chi connectivity index (χ1) is 10.7. The molecular formula is C16H15ClN2O3. The van der Waals surface area contributed by atoms with Crippen LogP contribution in [0.3, 0.4) is 0 Å². The first-order valence-electron chi connectivity index (χ1n) is 7.00. The minimum atomic E-state index is -0.128. The highest BCUT2D eigenvalue weighted by molar-refractivity contribution is 6.32. The SMILES string of the molecule is O=C(Cc1cc(Cl)c2c(c1)OCCCO2)Nc1ccncc1. The van der Waals surface area contributed by atoms with Crippen LogP contribution in [0.1, 0.15) is 12.0 Å². The number of fused-ring (bicyclic) bond motifs is 1. The number of carbonyl (C=O) groups excluding carboxylic acids is 1. The van der Waals surface area contributed by atoms with Gasteiger partial charge in [0.05, 0.1) is 24.7 Å². The van der Waals surface area contributed by atoms with Gasteiger partial charge in [0, 0.05) is 24.5 Å². The molecular weight excluding hydrogens is 304 g/mol. The van der Waals surface area contributed by atoms with Crippen LogP contribution in [0.4, 0.5) is 5.69 Å². The van der Waals surface area contributed by atoms with Crippen molar-refractivity contribution in [3.05, 3.63) is 47.2 Å². The fourth-order valence-electron chi connectivity index (χ4n) is 2.21. The standard InChI is InChI=1S/C16H15ClN2O3/c17-13-8-11(9-14-16(13)22-7-1-6-21-14)10-15(20)19-12-2-4-18-5-3-12/h2-5,8-9H,1,6-7,10H2,(H,18,19,20). The number of nitrogens with zero attached hydrogens (tertiary/aromatic N) is 1. The van der Waals surface area contributed by atoms with Crippen LogP contribution in [-0.4, -0.2) is 24.1 Å². The molecule has 1 N–H and O–H groups in total. The van der Waals surface area contributed by atoms with Crippen LogP contribution in [0.5, 0.6) is 11.5 Å². The van der Waals surface area contributed by atoms with Gasteiger partial charge in [-0.2, -0.15) is 0 Å². The Morgan fingerprint density at radius 1 is 1.23 bits per heavy atom. The van der Waals surface area contributed by atoms with E-state index in [9.17, 15) is 4.79 Å². The van der Waals surface area contributed by atoms with Crippen LogP contribution >= 0.6 is 11.6 Å². The lowest BCUT2D eigenvalue weighted by Gasteiger charge is -2.11. The summed E-state index contributed by atoms with van der Waals surface area (Å²) in [6, 6.07) is 7.01. The van der Waals surface area contributed by atoms with Gasteiger partial charge >= 0.3 is 0 Å². The molecule has 1 aliphatic heterocycles. The van der Waals surface area contributed by atoms with Gasteiger partial charge in [0.15, 0.2) is 11.5 Å². The molecule has 3 rings (SSSR count). The molecule has 22 heavy (non-hydrogen) atoms. The maximum atomic E-state index is 12.1. The molecule has 0 atom stereocenters. The Balaban J connectivity index is 1.74. The zero-order valence-electron chi connectivity index (χ0n) is 11.8. The van der Waals surface area contributed by atoms with Crippen LogP contribution in [0.2, 0.25) is 5.02 Å². The van der Waals surface area contributed by atoms with Crippen LogP contribution in [0, 0.1) is 0 Å². The average Bonchev–Trinajstić information content (AvgIpc) is 2.74. The smallest absolute Gasteiger partial charge is 0.228 e. The number of amides is 1. The monoisotopic (exact) mass is 318 g/mol. The van der Waals surface area contributed by atoms with Crippen molar-refractivity contribution < 1.29 is 14.3 Å². The number of aromatic nitrogens is 1. The van der Waals surface area contributed by atoms with Gasteiger partial charge in [0.1, 0.15) is 0 Å². The van der Waals surface area contributed by atoms with Crippen molar-refractivity contribution >= 4 is 23.2 Å². The third-order valence-electron chi connectivity index (χ3n) is 3.19. The van der Waals surface area contributed by atoms with Gasteiger partial charge in [0.25, 0.3) is 0 Å². The summed E-state index contributed by atoms with van der Waals surface area (Å²) in [5.41, 5.74) is 1.49. The summed E-state index contributed by atoms with van der Waals surface area (Å²) >= 11 is 6.22. The van der Waals surface area contributed by atoms with E-state index in [2.05, 4.69) is 10.3 Å². The molecule has 114 valence electrons. The largest absolute Gasteiger partial charge is 0.489 e. The van der Waals surface area contributed by atoms with Crippen LogP contribution in [-0.2, 0) is 11.2 Å². The highest BCUT2D eigenvalue weighted by Crippen LogP contribution is 2.38. The predicted molar refractivity (Wildman–Crippen MR) is 83.6 cm³/mol. The molecule has 5 nitrogen and oxygen atoms in total. The summed E-state index contributed by atoms with van der Waals surface area (Å²) in [6.45, 7) is 1.16. The molecule has 6 heteroatoms. The molecule has 0 saturated carbocycles. The number of hydrogen-bond acceptors (Lipinski definition) is 4. The summed E-state index contributed by atoms with van der Waals surface area (Å²) in [6.07, 6.45) is 4.27. The summed E-state index contributed by atoms with van der Waals surface area (Å²) in [4.78, 5) is 16.0. The van der Waals surface area contributed by atoms with Crippen molar-refractivity contribution in [1.82, 2.24) is 4.98 Å². The Morgan fingerprint density at radius 3 is 2.82 bits per heavy atom. The third-order valence-corrected chi connectivity index (χ3v) is 3.47. The van der Waals surface area contributed by atoms with E-state index < -0.39 is 0 Å². The van der Waals surface area contributed by atoms with Gasteiger partial charge in [-0.05, 0) is 29.8 Å². The number of rotatable bonds is 3. The Hall–Kier alpha value is -2.27. The lowest BCUT2D eigenvalue weighted by atomic mass is 10.1. The number of benzene rings is 1. The van der Waals surface area contributed by atoms with Crippen LogP contribution < -0.4 is 14.8 Å². The fraction of sp³-hybridized carbons (Fsp3) is 0.250. The Labute approximate surface area is 133 Å². The third kappa shape index (κ3) is 3.49. The fourth-order valence-corrected chi connectivity index (χ4v) is 2.50. The summed E-state index contributed by atoms with van der Waals surface area (Å²) in [5.74, 6) is 1.02. The molecule has 2 heterocycles. The second kappa shape index (κ2) is 6.66. The molecule has 2 aromatic rings. The number of pyridine rings is 1. The van der Waals surface area contributed by atoms with E-state index in [1.807, 2.05) is 0 Å². The molecule has 0 saturated heterocycles. The number of nitrogens with one attached hydrogen (secondary N) is 1. The molecule has 0 fully saturated rings. The molecule has 1 amide bonds. The van der Waals surface area contributed by atoms with E-state index in [0.717, 1.165) is 12.0 Å². The van der Waals surface area contributed by atoms with Crippen molar-refractivity contribution in [2.45, 2.75) is 12.8 Å². The lowest BCUT2D eigenvalue weighted by Crippen LogP contribution is -2.14.